The third-order valence-corrected chi connectivity index (χ3v) is 4.01. The van der Waals surface area contributed by atoms with Crippen LogP contribution < -0.4 is 10.6 Å². The van der Waals surface area contributed by atoms with Crippen molar-refractivity contribution in [2.45, 2.75) is 77.1 Å². The molecule has 180 valence electrons. The summed E-state index contributed by atoms with van der Waals surface area (Å²) in [5.41, 5.74) is -3.33. The van der Waals surface area contributed by atoms with Crippen molar-refractivity contribution in [1.29, 1.82) is 0 Å². The maximum atomic E-state index is 14.4. The minimum Gasteiger partial charge on any atom is -0.443 e. The van der Waals surface area contributed by atoms with Crippen LogP contribution in [0.25, 0.3) is 0 Å². The highest BCUT2D eigenvalue weighted by atomic mass is 19.3. The van der Waals surface area contributed by atoms with Crippen LogP contribution in [0.2, 0.25) is 0 Å². The van der Waals surface area contributed by atoms with Gasteiger partial charge in [-0.2, -0.15) is 18.7 Å². The molecule has 0 bridgehead atoms. The summed E-state index contributed by atoms with van der Waals surface area (Å²) < 4.78 is 44.3. The lowest BCUT2D eigenvalue weighted by Gasteiger charge is -2.28. The van der Waals surface area contributed by atoms with Crippen LogP contribution in [0.4, 0.5) is 24.2 Å². The first kappa shape index (κ1) is 25.6. The normalized spacial score (nSPS) is 23.0. The van der Waals surface area contributed by atoms with E-state index in [0.717, 1.165) is 12.3 Å². The van der Waals surface area contributed by atoms with E-state index in [1.54, 1.807) is 41.5 Å². The molecule has 2 rings (SSSR count). The van der Waals surface area contributed by atoms with E-state index in [4.69, 9.17) is 19.3 Å². The number of aliphatic hydroxyl groups is 2. The number of aromatic nitrogens is 2. The van der Waals surface area contributed by atoms with Gasteiger partial charge < -0.3 is 24.4 Å². The fourth-order valence-electron chi connectivity index (χ4n) is 2.70. The van der Waals surface area contributed by atoms with Crippen molar-refractivity contribution in [3.8, 4) is 0 Å². The molecule has 32 heavy (non-hydrogen) atoms. The molecule has 11 nitrogen and oxygen atoms in total. The maximum Gasteiger partial charge on any atom is 0.425 e. The number of hydrogen-bond donors (Lipinski definition) is 2. The molecule has 0 aliphatic carbocycles. The minimum atomic E-state index is -3.92. The molecule has 0 radical (unpaired) electrons. The number of ether oxygens (including phenoxy) is 3. The Kier molecular flexibility index (Phi) is 6.98. The van der Waals surface area contributed by atoms with Gasteiger partial charge in [0.05, 0.1) is 6.61 Å². The average Bonchev–Trinajstić information content (AvgIpc) is 2.82. The number of nitrogens with zero attached hydrogens (tertiary/aromatic N) is 3. The molecular formula is C19H27F2N3O8. The highest BCUT2D eigenvalue weighted by Gasteiger charge is 2.59. The lowest BCUT2D eigenvalue weighted by atomic mass is 10.1. The van der Waals surface area contributed by atoms with E-state index in [1.165, 1.54) is 0 Å². The highest BCUT2D eigenvalue weighted by molar-refractivity contribution is 6.08. The first-order valence-electron chi connectivity index (χ1n) is 9.65. The van der Waals surface area contributed by atoms with Crippen molar-refractivity contribution in [1.82, 2.24) is 9.55 Å². The summed E-state index contributed by atoms with van der Waals surface area (Å²) >= 11 is 0. The topological polar surface area (TPSA) is 140 Å². The van der Waals surface area contributed by atoms with Gasteiger partial charge in [-0.05, 0) is 47.6 Å². The van der Waals surface area contributed by atoms with Gasteiger partial charge in [-0.15, -0.1) is 0 Å². The summed E-state index contributed by atoms with van der Waals surface area (Å²) in [4.78, 5) is 41.6. The van der Waals surface area contributed by atoms with Crippen LogP contribution in [0.1, 0.15) is 47.8 Å². The molecular weight excluding hydrogens is 436 g/mol. The summed E-state index contributed by atoms with van der Waals surface area (Å²) in [6, 6.07) is 0.938. The van der Waals surface area contributed by atoms with Crippen molar-refractivity contribution in [2.75, 3.05) is 11.5 Å². The van der Waals surface area contributed by atoms with E-state index in [0.29, 0.717) is 9.47 Å². The first-order chi connectivity index (χ1) is 14.5. The lowest BCUT2D eigenvalue weighted by Crippen LogP contribution is -2.46. The average molecular weight is 463 g/mol. The molecule has 1 aromatic heterocycles. The summed E-state index contributed by atoms with van der Waals surface area (Å²) in [5, 5.41) is 18.7. The van der Waals surface area contributed by atoms with Gasteiger partial charge in [-0.1, -0.05) is 0 Å². The third kappa shape index (κ3) is 5.58. The zero-order valence-corrected chi connectivity index (χ0v) is 18.5. The molecule has 0 saturated carbocycles. The summed E-state index contributed by atoms with van der Waals surface area (Å²) in [7, 11) is 0. The van der Waals surface area contributed by atoms with Gasteiger partial charge >= 0.3 is 23.8 Å². The molecule has 0 spiro atoms. The Balaban J connectivity index is 2.46. The number of halogens is 2. The molecule has 3 atom stereocenters. The van der Waals surface area contributed by atoms with Crippen molar-refractivity contribution in [3.63, 3.8) is 0 Å². The first-order valence-corrected chi connectivity index (χ1v) is 9.65. The zero-order valence-electron chi connectivity index (χ0n) is 18.5. The zero-order chi connectivity index (χ0) is 24.6. The van der Waals surface area contributed by atoms with Crippen LogP contribution in [0.15, 0.2) is 17.1 Å². The molecule has 0 aromatic carbocycles. The van der Waals surface area contributed by atoms with E-state index in [-0.39, 0.29) is 0 Å². The summed E-state index contributed by atoms with van der Waals surface area (Å²) in [6.07, 6.45) is -7.83. The van der Waals surface area contributed by atoms with Crippen LogP contribution in [-0.2, 0) is 14.2 Å². The predicted octanol–water partition coefficient (Wildman–Crippen LogP) is 1.81. The molecule has 1 aliphatic rings. The molecule has 0 unspecified atom stereocenters. The molecule has 1 fully saturated rings. The van der Waals surface area contributed by atoms with Gasteiger partial charge in [-0.25, -0.2) is 14.4 Å². The molecule has 2 amide bonds. The molecule has 2 heterocycles. The maximum absolute atomic E-state index is 14.4. The largest absolute Gasteiger partial charge is 0.443 e. The lowest BCUT2D eigenvalue weighted by molar-refractivity contribution is -0.140. The number of rotatable bonds is 3. The molecule has 1 aliphatic heterocycles. The predicted molar refractivity (Wildman–Crippen MR) is 105 cm³/mol. The van der Waals surface area contributed by atoms with Gasteiger partial charge in [0, 0.05) is 6.20 Å². The van der Waals surface area contributed by atoms with Crippen LogP contribution >= 0.6 is 0 Å². The van der Waals surface area contributed by atoms with Gasteiger partial charge in [0.25, 0.3) is 0 Å². The van der Waals surface area contributed by atoms with Crippen molar-refractivity contribution in [3.05, 3.63) is 22.7 Å². The Morgan fingerprint density at radius 1 is 1.19 bits per heavy atom. The standard InChI is InChI=1S/C19H27F2N3O8/c1-17(2,3)31-15(28)24(16(29)32-18(4,5)6)11-7-8-23(14(27)22-11)13-19(20,21)12(26)10(9-25)30-13/h7-8,10,12-13,25-26H,9H2,1-6H3/t10-,12-,13-/m1/s1. The molecule has 1 aromatic rings. The number of aliphatic hydroxyl groups excluding tert-OH is 2. The quantitative estimate of drug-likeness (QED) is 0.686. The van der Waals surface area contributed by atoms with Crippen LogP contribution in [0, 0.1) is 0 Å². The van der Waals surface area contributed by atoms with Gasteiger partial charge in [0.1, 0.15) is 17.3 Å². The van der Waals surface area contributed by atoms with Gasteiger partial charge in [-0.3, -0.25) is 4.57 Å². The fraction of sp³-hybridized carbons (Fsp3) is 0.684. The van der Waals surface area contributed by atoms with Gasteiger partial charge in [0.2, 0.25) is 6.23 Å². The number of amides is 2. The van der Waals surface area contributed by atoms with E-state index in [1.807, 2.05) is 0 Å². The molecule has 1 saturated heterocycles. The second-order valence-electron chi connectivity index (χ2n) is 9.10. The number of alkyl halides is 2. The minimum absolute atomic E-state index is 0.362. The monoisotopic (exact) mass is 463 g/mol. The second-order valence-corrected chi connectivity index (χ2v) is 9.10. The molecule has 2 N–H and O–H groups in total. The van der Waals surface area contributed by atoms with Crippen LogP contribution in [0.5, 0.6) is 0 Å². The fourth-order valence-corrected chi connectivity index (χ4v) is 2.70. The Bertz CT molecular complexity index is 894. The SMILES string of the molecule is CC(C)(C)OC(=O)N(C(=O)OC(C)(C)C)c1ccn([C@@H]2O[C@H](CO)[C@@H](O)C2(F)F)c(=O)n1. The van der Waals surface area contributed by atoms with Crippen molar-refractivity contribution >= 4 is 18.0 Å². The Morgan fingerprint density at radius 3 is 2.06 bits per heavy atom. The van der Waals surface area contributed by atoms with Crippen molar-refractivity contribution in [2.24, 2.45) is 0 Å². The van der Waals surface area contributed by atoms with Crippen LogP contribution in [0.3, 0.4) is 0 Å². The van der Waals surface area contributed by atoms with E-state index < -0.39 is 65.9 Å². The summed E-state index contributed by atoms with van der Waals surface area (Å²) in [5.74, 6) is -4.45. The molecule has 13 heteroatoms. The smallest absolute Gasteiger partial charge is 0.425 e. The van der Waals surface area contributed by atoms with E-state index in [9.17, 15) is 28.3 Å². The summed E-state index contributed by atoms with van der Waals surface area (Å²) in [6.45, 7) is 8.38. The highest BCUT2D eigenvalue weighted by Crippen LogP contribution is 2.42. The number of anilines is 1. The Morgan fingerprint density at radius 2 is 1.69 bits per heavy atom. The Labute approximate surface area is 182 Å². The van der Waals surface area contributed by atoms with E-state index in [2.05, 4.69) is 4.98 Å². The number of imide groups is 1. The Hall–Kier alpha value is -2.64. The van der Waals surface area contributed by atoms with Gasteiger partial charge in [0.15, 0.2) is 11.9 Å². The van der Waals surface area contributed by atoms with Crippen molar-refractivity contribution < 1.29 is 42.8 Å². The third-order valence-electron chi connectivity index (χ3n) is 4.01. The number of carbonyl (C=O) groups is 2. The van der Waals surface area contributed by atoms with Crippen LogP contribution in [-0.4, -0.2) is 67.9 Å². The second kappa shape index (κ2) is 8.71. The number of carbonyl (C=O) groups excluding carboxylic acids is 2. The number of hydrogen-bond acceptors (Lipinski definition) is 9. The van der Waals surface area contributed by atoms with E-state index >= 15 is 0 Å².